The molecular formula is C24H36N4. The van der Waals surface area contributed by atoms with E-state index in [-0.39, 0.29) is 6.04 Å². The summed E-state index contributed by atoms with van der Waals surface area (Å²) in [5.41, 5.74) is 5.05. The van der Waals surface area contributed by atoms with Crippen molar-refractivity contribution in [3.8, 4) is 0 Å². The molecule has 152 valence electrons. The van der Waals surface area contributed by atoms with Crippen molar-refractivity contribution in [3.05, 3.63) is 41.0 Å². The topological polar surface area (TPSA) is 31.2 Å². The quantitative estimate of drug-likeness (QED) is 0.288. The lowest BCUT2D eigenvalue weighted by molar-refractivity contribution is 0.310. The maximum absolute atomic E-state index is 4.80. The number of hydrogen-bond donors (Lipinski definition) is 0. The van der Waals surface area contributed by atoms with Crippen LogP contribution in [0.3, 0.4) is 0 Å². The molecule has 0 spiro atoms. The normalized spacial score (nSPS) is 22.1. The van der Waals surface area contributed by atoms with E-state index in [0.717, 1.165) is 37.0 Å². The molecule has 0 aromatic heterocycles. The maximum atomic E-state index is 4.80. The van der Waals surface area contributed by atoms with Crippen molar-refractivity contribution in [2.45, 2.75) is 65.3 Å². The van der Waals surface area contributed by atoms with Gasteiger partial charge in [0.05, 0.1) is 11.7 Å². The summed E-state index contributed by atoms with van der Waals surface area (Å²) < 4.78 is 0. The van der Waals surface area contributed by atoms with Gasteiger partial charge >= 0.3 is 0 Å². The maximum Gasteiger partial charge on any atom is 0.146 e. The molecule has 1 fully saturated rings. The molecule has 1 aliphatic heterocycles. The molecule has 3 rings (SSSR count). The molecule has 4 nitrogen and oxygen atoms in total. The molecule has 1 heterocycles. The molecule has 0 N–H and O–H groups in total. The zero-order valence-corrected chi connectivity index (χ0v) is 18.1. The largest absolute Gasteiger partial charge is 0.290 e. The standard InChI is InChI=1S/C24H36N4/c1-6-20-12-14-21(15-13-20)23(27-16-7-8-17-27)24(25-4)28(26-5)22-18(2)10-9-11-19(22)3/h9-11,14,20,23H,5-8,12-13,15-17H2,1-4H3. The first-order chi connectivity index (χ1) is 13.6. The summed E-state index contributed by atoms with van der Waals surface area (Å²) >= 11 is 0. The lowest BCUT2D eigenvalue weighted by Gasteiger charge is -2.37. The van der Waals surface area contributed by atoms with Crippen LogP contribution in [0.2, 0.25) is 0 Å². The Morgan fingerprint density at radius 2 is 1.93 bits per heavy atom. The lowest BCUT2D eigenvalue weighted by atomic mass is 9.84. The third-order valence-corrected chi connectivity index (χ3v) is 6.47. The van der Waals surface area contributed by atoms with Gasteiger partial charge in [-0.1, -0.05) is 37.6 Å². The Kier molecular flexibility index (Phi) is 7.06. The smallest absolute Gasteiger partial charge is 0.146 e. The van der Waals surface area contributed by atoms with Crippen molar-refractivity contribution in [1.29, 1.82) is 0 Å². The van der Waals surface area contributed by atoms with Crippen LogP contribution in [0.4, 0.5) is 5.69 Å². The van der Waals surface area contributed by atoms with Crippen LogP contribution in [0.15, 0.2) is 39.9 Å². The predicted molar refractivity (Wildman–Crippen MR) is 122 cm³/mol. The third-order valence-electron chi connectivity index (χ3n) is 6.47. The average molecular weight is 381 g/mol. The molecule has 2 atom stereocenters. The SMILES string of the molecule is C=NN(C(=NC)C(C1=CCC(CC)CC1)N1CCCC1)c1c(C)cccc1C. The summed E-state index contributed by atoms with van der Waals surface area (Å²) in [4.78, 5) is 7.41. The van der Waals surface area contributed by atoms with E-state index in [4.69, 9.17) is 4.99 Å². The van der Waals surface area contributed by atoms with Crippen LogP contribution in [0.1, 0.15) is 56.6 Å². The van der Waals surface area contributed by atoms with Crippen LogP contribution in [0.25, 0.3) is 0 Å². The van der Waals surface area contributed by atoms with Crippen LogP contribution in [-0.2, 0) is 0 Å². The van der Waals surface area contributed by atoms with Gasteiger partial charge in [-0.25, -0.2) is 5.01 Å². The van der Waals surface area contributed by atoms with Crippen LogP contribution in [0.5, 0.6) is 0 Å². The fourth-order valence-corrected chi connectivity index (χ4v) is 4.82. The number of benzene rings is 1. The highest BCUT2D eigenvalue weighted by Crippen LogP contribution is 2.34. The van der Waals surface area contributed by atoms with Crippen molar-refractivity contribution in [2.24, 2.45) is 16.0 Å². The van der Waals surface area contributed by atoms with Crippen LogP contribution < -0.4 is 5.01 Å². The molecule has 2 aliphatic rings. The zero-order valence-electron chi connectivity index (χ0n) is 18.1. The van der Waals surface area contributed by atoms with Gasteiger partial charge in [0.1, 0.15) is 5.84 Å². The Hall–Kier alpha value is -1.94. The van der Waals surface area contributed by atoms with Gasteiger partial charge in [-0.15, -0.1) is 0 Å². The Morgan fingerprint density at radius 3 is 2.43 bits per heavy atom. The van der Waals surface area contributed by atoms with Gasteiger partial charge in [0.15, 0.2) is 0 Å². The number of hydrazone groups is 1. The first kappa shape index (κ1) is 20.8. The molecule has 1 aliphatic carbocycles. The Bertz CT molecular complexity index is 723. The number of allylic oxidation sites excluding steroid dienone is 1. The minimum atomic E-state index is 0.204. The molecule has 0 amide bonds. The minimum absolute atomic E-state index is 0.204. The van der Waals surface area contributed by atoms with Gasteiger partial charge in [0.2, 0.25) is 0 Å². The number of para-hydroxylation sites is 1. The van der Waals surface area contributed by atoms with Crippen molar-refractivity contribution in [2.75, 3.05) is 25.1 Å². The third kappa shape index (κ3) is 4.22. The molecule has 1 aromatic carbocycles. The van der Waals surface area contributed by atoms with Crippen LogP contribution >= 0.6 is 0 Å². The van der Waals surface area contributed by atoms with E-state index in [1.54, 1.807) is 0 Å². The first-order valence-electron chi connectivity index (χ1n) is 10.8. The summed E-state index contributed by atoms with van der Waals surface area (Å²) in [5.74, 6) is 1.84. The van der Waals surface area contributed by atoms with Gasteiger partial charge < -0.3 is 0 Å². The van der Waals surface area contributed by atoms with Crippen molar-refractivity contribution < 1.29 is 0 Å². The number of amidine groups is 1. The summed E-state index contributed by atoms with van der Waals surface area (Å²) in [6.07, 6.45) is 9.95. The van der Waals surface area contributed by atoms with Crippen LogP contribution in [-0.4, -0.2) is 43.6 Å². The monoisotopic (exact) mass is 380 g/mol. The van der Waals surface area contributed by atoms with E-state index < -0.39 is 0 Å². The van der Waals surface area contributed by atoms with E-state index in [0.29, 0.717) is 0 Å². The summed E-state index contributed by atoms with van der Waals surface area (Å²) in [6.45, 7) is 12.8. The molecule has 0 radical (unpaired) electrons. The first-order valence-corrected chi connectivity index (χ1v) is 10.8. The zero-order chi connectivity index (χ0) is 20.1. The molecule has 2 unspecified atom stereocenters. The number of aliphatic imine (C=N–C) groups is 1. The molecule has 4 heteroatoms. The second-order valence-corrected chi connectivity index (χ2v) is 8.25. The van der Waals surface area contributed by atoms with Crippen molar-refractivity contribution >= 4 is 18.2 Å². The fourth-order valence-electron chi connectivity index (χ4n) is 4.82. The molecule has 28 heavy (non-hydrogen) atoms. The number of nitrogens with zero attached hydrogens (tertiary/aromatic N) is 4. The number of anilines is 1. The second-order valence-electron chi connectivity index (χ2n) is 8.25. The number of likely N-dealkylation sites (tertiary alicyclic amines) is 1. The summed E-state index contributed by atoms with van der Waals surface area (Å²) in [7, 11) is 1.91. The fraction of sp³-hybridized carbons (Fsp3) is 0.583. The van der Waals surface area contributed by atoms with E-state index in [9.17, 15) is 0 Å². The highest BCUT2D eigenvalue weighted by molar-refractivity contribution is 6.04. The minimum Gasteiger partial charge on any atom is -0.290 e. The molecule has 1 saturated heterocycles. The highest BCUT2D eigenvalue weighted by atomic mass is 15.5. The number of aryl methyl sites for hydroxylation is 2. The van der Waals surface area contributed by atoms with E-state index in [2.05, 4.69) is 61.8 Å². The van der Waals surface area contributed by atoms with Crippen LogP contribution in [0, 0.1) is 19.8 Å². The van der Waals surface area contributed by atoms with Gasteiger partial charge in [-0.05, 0) is 81.7 Å². The summed E-state index contributed by atoms with van der Waals surface area (Å²) in [5, 5.41) is 6.47. The second kappa shape index (κ2) is 9.51. The van der Waals surface area contributed by atoms with E-state index in [1.807, 2.05) is 12.1 Å². The Balaban J connectivity index is 2.01. The Labute approximate surface area is 171 Å². The van der Waals surface area contributed by atoms with Gasteiger partial charge in [-0.2, -0.15) is 5.10 Å². The average Bonchev–Trinajstić information content (AvgIpc) is 3.24. The molecule has 0 saturated carbocycles. The van der Waals surface area contributed by atoms with Gasteiger partial charge in [0.25, 0.3) is 0 Å². The lowest BCUT2D eigenvalue weighted by Crippen LogP contribution is -2.48. The Morgan fingerprint density at radius 1 is 1.25 bits per heavy atom. The molecular weight excluding hydrogens is 344 g/mol. The highest BCUT2D eigenvalue weighted by Gasteiger charge is 2.34. The predicted octanol–water partition coefficient (Wildman–Crippen LogP) is 5.35. The molecule has 0 bridgehead atoms. The van der Waals surface area contributed by atoms with Gasteiger partial charge in [0, 0.05) is 13.8 Å². The number of rotatable bonds is 6. The van der Waals surface area contributed by atoms with Crippen molar-refractivity contribution in [1.82, 2.24) is 4.90 Å². The number of hydrogen-bond acceptors (Lipinski definition) is 3. The van der Waals surface area contributed by atoms with E-state index in [1.165, 1.54) is 48.8 Å². The molecule has 1 aromatic rings. The van der Waals surface area contributed by atoms with Gasteiger partial charge in [-0.3, -0.25) is 9.89 Å². The van der Waals surface area contributed by atoms with E-state index >= 15 is 0 Å². The summed E-state index contributed by atoms with van der Waals surface area (Å²) in [6, 6.07) is 6.59. The van der Waals surface area contributed by atoms with Crippen molar-refractivity contribution in [3.63, 3.8) is 0 Å².